The summed E-state index contributed by atoms with van der Waals surface area (Å²) in [5, 5.41) is 5.18. The van der Waals surface area contributed by atoms with Crippen LogP contribution in [0, 0.1) is 0 Å². The lowest BCUT2D eigenvalue weighted by molar-refractivity contribution is 0.0264. The van der Waals surface area contributed by atoms with Gasteiger partial charge in [-0.15, -0.1) is 11.3 Å². The molecule has 0 aromatic carbocycles. The third kappa shape index (κ3) is 3.17. The zero-order valence-electron chi connectivity index (χ0n) is 13.6. The van der Waals surface area contributed by atoms with E-state index in [-0.39, 0.29) is 5.54 Å². The molecule has 0 aliphatic heterocycles. The highest BCUT2D eigenvalue weighted by Gasteiger charge is 2.41. The van der Waals surface area contributed by atoms with Gasteiger partial charge in [0.2, 0.25) is 0 Å². The van der Waals surface area contributed by atoms with Crippen LogP contribution in [0.1, 0.15) is 68.0 Å². The molecule has 3 rings (SSSR count). The molecule has 0 saturated heterocycles. The van der Waals surface area contributed by atoms with Crippen LogP contribution in [0.5, 0.6) is 0 Å². The smallest absolute Gasteiger partial charge is 0.113 e. The summed E-state index contributed by atoms with van der Waals surface area (Å²) in [6.07, 6.45) is 10.1. The van der Waals surface area contributed by atoms with Crippen LogP contribution in [-0.2, 0) is 23.1 Å². The van der Waals surface area contributed by atoms with Crippen molar-refractivity contribution < 1.29 is 4.74 Å². The molecule has 1 fully saturated rings. The second kappa shape index (κ2) is 6.35. The molecule has 0 bridgehead atoms. The average Bonchev–Trinajstić information content (AvgIpc) is 2.91. The number of nitrogens with zero attached hydrogens (tertiary/aromatic N) is 1. The van der Waals surface area contributed by atoms with Crippen molar-refractivity contribution in [2.45, 2.75) is 82.9 Å². The Labute approximate surface area is 132 Å². The third-order valence-corrected chi connectivity index (χ3v) is 6.22. The van der Waals surface area contributed by atoms with Crippen LogP contribution < -0.4 is 5.32 Å². The molecule has 2 aliphatic rings. The van der Waals surface area contributed by atoms with Gasteiger partial charge in [0.1, 0.15) is 5.01 Å². The minimum Gasteiger partial charge on any atom is -0.381 e. The van der Waals surface area contributed by atoms with Gasteiger partial charge in [-0.25, -0.2) is 4.98 Å². The maximum Gasteiger partial charge on any atom is 0.113 e. The maximum atomic E-state index is 5.69. The van der Waals surface area contributed by atoms with Crippen LogP contribution in [0.4, 0.5) is 0 Å². The van der Waals surface area contributed by atoms with Crippen LogP contribution in [0.2, 0.25) is 0 Å². The molecule has 0 radical (unpaired) electrons. The molecule has 1 saturated carbocycles. The van der Waals surface area contributed by atoms with Gasteiger partial charge in [-0.2, -0.15) is 0 Å². The number of aromatic nitrogens is 1. The Balaban J connectivity index is 1.92. The highest BCUT2D eigenvalue weighted by atomic mass is 32.1. The molecule has 4 heteroatoms. The topological polar surface area (TPSA) is 34.1 Å². The highest BCUT2D eigenvalue weighted by Crippen LogP contribution is 2.42. The Bertz CT molecular complexity index is 462. The van der Waals surface area contributed by atoms with E-state index in [9.17, 15) is 0 Å². The van der Waals surface area contributed by atoms with Crippen molar-refractivity contribution >= 4 is 11.3 Å². The zero-order chi connectivity index (χ0) is 14.9. The fraction of sp³-hybridized carbons (Fsp3) is 0.824. The molecule has 1 aromatic heterocycles. The predicted octanol–water partition coefficient (Wildman–Crippen LogP) is 3.80. The second-order valence-electron chi connectivity index (χ2n) is 6.93. The van der Waals surface area contributed by atoms with Gasteiger partial charge < -0.3 is 10.1 Å². The van der Waals surface area contributed by atoms with Gasteiger partial charge in [0, 0.05) is 18.0 Å². The fourth-order valence-electron chi connectivity index (χ4n) is 3.92. The summed E-state index contributed by atoms with van der Waals surface area (Å²) >= 11 is 1.97. The van der Waals surface area contributed by atoms with Gasteiger partial charge in [0.15, 0.2) is 0 Å². The molecule has 1 N–H and O–H groups in total. The van der Waals surface area contributed by atoms with E-state index in [0.717, 1.165) is 6.42 Å². The van der Waals surface area contributed by atoms with Crippen LogP contribution in [0.3, 0.4) is 0 Å². The number of hydrogen-bond acceptors (Lipinski definition) is 4. The molecule has 2 atom stereocenters. The Hall–Kier alpha value is -0.450. The van der Waals surface area contributed by atoms with Crippen molar-refractivity contribution in [2.24, 2.45) is 0 Å². The van der Waals surface area contributed by atoms with Gasteiger partial charge in [-0.05, 0) is 65.2 Å². The summed E-state index contributed by atoms with van der Waals surface area (Å²) in [5.74, 6) is 0. The van der Waals surface area contributed by atoms with Gasteiger partial charge in [0.05, 0.1) is 17.3 Å². The standard InChI is InChI=1S/C17H28N2OS/c1-12(2)19-17(10-6-7-13(11-17)20-3)16-18-14-8-4-5-9-15(14)21-16/h12-13,19H,4-11H2,1-3H3. The average molecular weight is 308 g/mol. The maximum absolute atomic E-state index is 5.69. The number of aryl methyl sites for hydroxylation is 2. The van der Waals surface area contributed by atoms with Crippen molar-refractivity contribution in [1.29, 1.82) is 0 Å². The van der Waals surface area contributed by atoms with Crippen LogP contribution in [-0.4, -0.2) is 24.2 Å². The van der Waals surface area contributed by atoms with Crippen LogP contribution in [0.15, 0.2) is 0 Å². The Morgan fingerprint density at radius 1 is 1.29 bits per heavy atom. The first-order valence-electron chi connectivity index (χ1n) is 8.42. The normalized spacial score (nSPS) is 29.6. The number of ether oxygens (including phenoxy) is 1. The third-order valence-electron chi connectivity index (χ3n) is 4.86. The monoisotopic (exact) mass is 308 g/mol. The van der Waals surface area contributed by atoms with Crippen molar-refractivity contribution in [3.8, 4) is 0 Å². The number of hydrogen-bond donors (Lipinski definition) is 1. The minimum atomic E-state index is 0.0368. The summed E-state index contributed by atoms with van der Waals surface area (Å²) in [4.78, 5) is 6.61. The summed E-state index contributed by atoms with van der Waals surface area (Å²) in [6.45, 7) is 4.48. The molecule has 0 spiro atoms. The number of nitrogens with one attached hydrogen (secondary N) is 1. The van der Waals surface area contributed by atoms with Gasteiger partial charge >= 0.3 is 0 Å². The first kappa shape index (κ1) is 15.4. The molecule has 3 nitrogen and oxygen atoms in total. The second-order valence-corrected chi connectivity index (χ2v) is 8.01. The van der Waals surface area contributed by atoms with Crippen LogP contribution >= 0.6 is 11.3 Å². The van der Waals surface area contributed by atoms with Crippen molar-refractivity contribution in [1.82, 2.24) is 10.3 Å². The first-order valence-corrected chi connectivity index (χ1v) is 9.24. The summed E-state index contributed by atoms with van der Waals surface area (Å²) in [5.41, 5.74) is 1.42. The number of rotatable bonds is 4. The van der Waals surface area contributed by atoms with E-state index >= 15 is 0 Å². The largest absolute Gasteiger partial charge is 0.381 e. The van der Waals surface area contributed by atoms with Crippen molar-refractivity contribution in [3.63, 3.8) is 0 Å². The summed E-state index contributed by atoms with van der Waals surface area (Å²) < 4.78 is 5.69. The van der Waals surface area contributed by atoms with E-state index in [2.05, 4.69) is 19.2 Å². The number of fused-ring (bicyclic) bond motifs is 1. The lowest BCUT2D eigenvalue weighted by Crippen LogP contribution is -2.50. The van der Waals surface area contributed by atoms with E-state index in [1.54, 1.807) is 4.88 Å². The van der Waals surface area contributed by atoms with Gasteiger partial charge in [-0.1, -0.05) is 0 Å². The zero-order valence-corrected chi connectivity index (χ0v) is 14.4. The molecule has 1 aromatic rings. The first-order chi connectivity index (χ1) is 10.1. The fourth-order valence-corrected chi connectivity index (χ4v) is 5.26. The molecular weight excluding hydrogens is 280 g/mol. The van der Waals surface area contributed by atoms with E-state index in [4.69, 9.17) is 9.72 Å². The quantitative estimate of drug-likeness (QED) is 0.918. The molecule has 1 heterocycles. The minimum absolute atomic E-state index is 0.0368. The van der Waals surface area contributed by atoms with Crippen LogP contribution in [0.25, 0.3) is 0 Å². The lowest BCUT2D eigenvalue weighted by Gasteiger charge is -2.41. The lowest BCUT2D eigenvalue weighted by atomic mass is 9.80. The Morgan fingerprint density at radius 3 is 2.81 bits per heavy atom. The van der Waals surface area contributed by atoms with Crippen molar-refractivity contribution in [3.05, 3.63) is 15.6 Å². The Kier molecular flexibility index (Phi) is 4.67. The SMILES string of the molecule is COC1CCCC(NC(C)C)(c2nc3c(s2)CCCC3)C1. The molecule has 2 unspecified atom stereocenters. The van der Waals surface area contributed by atoms with E-state index in [0.29, 0.717) is 12.1 Å². The Morgan fingerprint density at radius 2 is 2.10 bits per heavy atom. The van der Waals surface area contributed by atoms with E-state index in [1.165, 1.54) is 55.6 Å². The van der Waals surface area contributed by atoms with Gasteiger partial charge in [-0.3, -0.25) is 0 Å². The highest BCUT2D eigenvalue weighted by molar-refractivity contribution is 7.11. The molecular formula is C17H28N2OS. The number of methoxy groups -OCH3 is 1. The van der Waals surface area contributed by atoms with Crippen molar-refractivity contribution in [2.75, 3.05) is 7.11 Å². The molecule has 21 heavy (non-hydrogen) atoms. The van der Waals surface area contributed by atoms with Gasteiger partial charge in [0.25, 0.3) is 0 Å². The summed E-state index contributed by atoms with van der Waals surface area (Å²) in [7, 11) is 1.85. The molecule has 118 valence electrons. The molecule has 2 aliphatic carbocycles. The number of thiazole rings is 1. The van der Waals surface area contributed by atoms with E-state index in [1.807, 2.05) is 18.4 Å². The summed E-state index contributed by atoms with van der Waals surface area (Å²) in [6, 6.07) is 0.474. The molecule has 0 amide bonds. The predicted molar refractivity (Wildman–Crippen MR) is 88.0 cm³/mol. The van der Waals surface area contributed by atoms with E-state index < -0.39 is 0 Å².